The Balaban J connectivity index is 2.08. The fourth-order valence-corrected chi connectivity index (χ4v) is 2.59. The maximum absolute atomic E-state index is 4.79. The van der Waals surface area contributed by atoms with Gasteiger partial charge in [0.05, 0.1) is 11.9 Å². The maximum Gasteiger partial charge on any atom is 0.147 e. The topological polar surface area (TPSA) is 41.1 Å². The highest BCUT2D eigenvalue weighted by atomic mass is 15.2. The molecule has 0 radical (unpaired) electrons. The van der Waals surface area contributed by atoms with Crippen LogP contribution < -0.4 is 10.2 Å². The van der Waals surface area contributed by atoms with Crippen molar-refractivity contribution < 1.29 is 0 Å². The molecule has 0 aromatic carbocycles. The summed E-state index contributed by atoms with van der Waals surface area (Å²) in [6.45, 7) is 10.7. The molecule has 1 aliphatic rings. The van der Waals surface area contributed by atoms with Crippen LogP contribution in [0.4, 0.5) is 5.82 Å². The van der Waals surface area contributed by atoms with Gasteiger partial charge in [0, 0.05) is 30.9 Å². The Bertz CT molecular complexity index is 425. The van der Waals surface area contributed by atoms with E-state index in [1.807, 2.05) is 12.4 Å². The van der Waals surface area contributed by atoms with E-state index in [2.05, 4.69) is 42.9 Å². The minimum atomic E-state index is 0.105. The molecule has 0 saturated carbocycles. The molecular weight excluding hydrogens is 248 g/mol. The highest BCUT2D eigenvalue weighted by Crippen LogP contribution is 2.21. The van der Waals surface area contributed by atoms with Crippen LogP contribution in [-0.2, 0) is 6.54 Å². The van der Waals surface area contributed by atoms with Crippen molar-refractivity contribution in [3.8, 4) is 0 Å². The lowest BCUT2D eigenvalue weighted by Crippen LogP contribution is -2.36. The molecule has 20 heavy (non-hydrogen) atoms. The van der Waals surface area contributed by atoms with Crippen molar-refractivity contribution in [3.63, 3.8) is 0 Å². The lowest BCUT2D eigenvalue weighted by molar-refractivity contribution is 0.420. The van der Waals surface area contributed by atoms with Gasteiger partial charge in [-0.2, -0.15) is 0 Å². The summed E-state index contributed by atoms with van der Waals surface area (Å²) in [5.41, 5.74) is 1.13. The molecule has 4 heteroatoms. The summed E-state index contributed by atoms with van der Waals surface area (Å²) in [6.07, 6.45) is 8.95. The molecule has 0 amide bonds. The number of anilines is 1. The van der Waals surface area contributed by atoms with E-state index in [0.29, 0.717) is 6.04 Å². The summed E-state index contributed by atoms with van der Waals surface area (Å²) < 4.78 is 0. The van der Waals surface area contributed by atoms with Gasteiger partial charge < -0.3 is 10.2 Å². The van der Waals surface area contributed by atoms with Gasteiger partial charge >= 0.3 is 0 Å². The van der Waals surface area contributed by atoms with Crippen LogP contribution >= 0.6 is 0 Å². The highest BCUT2D eigenvalue weighted by Gasteiger charge is 2.19. The largest absolute Gasteiger partial charge is 0.353 e. The van der Waals surface area contributed by atoms with Crippen molar-refractivity contribution in [2.45, 2.75) is 71.5 Å². The first kappa shape index (κ1) is 15.2. The summed E-state index contributed by atoms with van der Waals surface area (Å²) in [5, 5.41) is 3.47. The summed E-state index contributed by atoms with van der Waals surface area (Å²) in [4.78, 5) is 11.6. The quantitative estimate of drug-likeness (QED) is 0.921. The van der Waals surface area contributed by atoms with E-state index in [4.69, 9.17) is 4.98 Å². The van der Waals surface area contributed by atoms with Crippen molar-refractivity contribution in [2.75, 3.05) is 11.4 Å². The monoisotopic (exact) mass is 276 g/mol. The van der Waals surface area contributed by atoms with E-state index >= 15 is 0 Å². The Morgan fingerprint density at radius 2 is 2.05 bits per heavy atom. The molecule has 0 spiro atoms. The predicted octanol–water partition coefficient (Wildman–Crippen LogP) is 3.13. The fraction of sp³-hybridized carbons (Fsp3) is 0.750. The first-order chi connectivity index (χ1) is 9.46. The van der Waals surface area contributed by atoms with Crippen molar-refractivity contribution in [2.24, 2.45) is 0 Å². The Morgan fingerprint density at radius 3 is 2.80 bits per heavy atom. The molecule has 2 rings (SSSR count). The molecular formula is C16H28N4. The molecule has 1 aromatic heterocycles. The van der Waals surface area contributed by atoms with Crippen molar-refractivity contribution >= 4 is 5.82 Å². The molecule has 1 N–H and O–H groups in total. The second-order valence-electron chi connectivity index (χ2n) is 6.86. The zero-order valence-electron chi connectivity index (χ0n) is 13.3. The number of hydrogen-bond acceptors (Lipinski definition) is 4. The second-order valence-corrected chi connectivity index (χ2v) is 6.86. The average molecular weight is 276 g/mol. The lowest BCUT2D eigenvalue weighted by Gasteiger charge is -2.28. The van der Waals surface area contributed by atoms with Crippen LogP contribution in [0.15, 0.2) is 12.4 Å². The van der Waals surface area contributed by atoms with Gasteiger partial charge in [0.2, 0.25) is 0 Å². The summed E-state index contributed by atoms with van der Waals surface area (Å²) >= 11 is 0. The van der Waals surface area contributed by atoms with Crippen LogP contribution in [0.3, 0.4) is 0 Å². The van der Waals surface area contributed by atoms with E-state index < -0.39 is 0 Å². The minimum absolute atomic E-state index is 0.105. The van der Waals surface area contributed by atoms with Crippen molar-refractivity contribution in [1.82, 2.24) is 15.3 Å². The fourth-order valence-electron chi connectivity index (χ4n) is 2.59. The Labute approximate surface area is 123 Å². The lowest BCUT2D eigenvalue weighted by atomic mass is 10.1. The standard InChI is InChI=1S/C16H28N4/c1-13-8-6-5-7-9-20(13)15-12-17-10-14(19-15)11-18-16(2,3)4/h10,12-13,18H,5-9,11H2,1-4H3. The highest BCUT2D eigenvalue weighted by molar-refractivity contribution is 5.37. The third kappa shape index (κ3) is 4.44. The zero-order chi connectivity index (χ0) is 14.6. The van der Waals surface area contributed by atoms with Gasteiger partial charge in [-0.3, -0.25) is 4.98 Å². The molecule has 1 atom stereocenters. The zero-order valence-corrected chi connectivity index (χ0v) is 13.3. The molecule has 2 heterocycles. The Morgan fingerprint density at radius 1 is 1.25 bits per heavy atom. The first-order valence-electron chi connectivity index (χ1n) is 7.78. The molecule has 1 aromatic rings. The number of nitrogens with zero attached hydrogens (tertiary/aromatic N) is 3. The molecule has 1 fully saturated rings. The molecule has 1 unspecified atom stereocenters. The number of nitrogens with one attached hydrogen (secondary N) is 1. The maximum atomic E-state index is 4.79. The van der Waals surface area contributed by atoms with Crippen molar-refractivity contribution in [3.05, 3.63) is 18.1 Å². The van der Waals surface area contributed by atoms with Gasteiger partial charge in [0.25, 0.3) is 0 Å². The van der Waals surface area contributed by atoms with E-state index in [1.165, 1.54) is 25.7 Å². The molecule has 4 nitrogen and oxygen atoms in total. The predicted molar refractivity (Wildman–Crippen MR) is 83.9 cm³/mol. The van der Waals surface area contributed by atoms with Gasteiger partial charge in [-0.1, -0.05) is 12.8 Å². The van der Waals surface area contributed by atoms with E-state index in [9.17, 15) is 0 Å². The number of aromatic nitrogens is 2. The first-order valence-corrected chi connectivity index (χ1v) is 7.78. The molecule has 1 aliphatic heterocycles. The normalized spacial score (nSPS) is 20.8. The van der Waals surface area contributed by atoms with Gasteiger partial charge in [-0.15, -0.1) is 0 Å². The number of hydrogen-bond donors (Lipinski definition) is 1. The van der Waals surface area contributed by atoms with Crippen LogP contribution in [0.1, 0.15) is 59.1 Å². The summed E-state index contributed by atoms with van der Waals surface area (Å²) in [7, 11) is 0. The van der Waals surface area contributed by atoms with Crippen LogP contribution in [0, 0.1) is 0 Å². The number of rotatable bonds is 3. The molecule has 0 bridgehead atoms. The molecule has 1 saturated heterocycles. The van der Waals surface area contributed by atoms with Gasteiger partial charge in [-0.25, -0.2) is 4.98 Å². The third-order valence-electron chi connectivity index (χ3n) is 3.82. The van der Waals surface area contributed by atoms with Gasteiger partial charge in [0.1, 0.15) is 5.82 Å². The van der Waals surface area contributed by atoms with E-state index in [1.54, 1.807) is 0 Å². The smallest absolute Gasteiger partial charge is 0.147 e. The minimum Gasteiger partial charge on any atom is -0.353 e. The van der Waals surface area contributed by atoms with Crippen LogP contribution in [0.2, 0.25) is 0 Å². The second kappa shape index (κ2) is 6.53. The Hall–Kier alpha value is -1.16. The van der Waals surface area contributed by atoms with Crippen LogP contribution in [0.5, 0.6) is 0 Å². The van der Waals surface area contributed by atoms with Crippen LogP contribution in [0.25, 0.3) is 0 Å². The van der Waals surface area contributed by atoms with E-state index in [0.717, 1.165) is 24.6 Å². The summed E-state index contributed by atoms with van der Waals surface area (Å²) in [6, 6.07) is 0.567. The van der Waals surface area contributed by atoms with Gasteiger partial charge in [-0.05, 0) is 40.5 Å². The van der Waals surface area contributed by atoms with Crippen molar-refractivity contribution in [1.29, 1.82) is 0 Å². The molecule has 0 aliphatic carbocycles. The SMILES string of the molecule is CC1CCCCCN1c1cncc(CNC(C)(C)C)n1. The third-order valence-corrected chi connectivity index (χ3v) is 3.82. The van der Waals surface area contributed by atoms with Gasteiger partial charge in [0.15, 0.2) is 0 Å². The van der Waals surface area contributed by atoms with E-state index in [-0.39, 0.29) is 5.54 Å². The summed E-state index contributed by atoms with van der Waals surface area (Å²) in [5.74, 6) is 1.03. The Kier molecular flexibility index (Phi) is 4.97. The average Bonchev–Trinajstić information content (AvgIpc) is 2.61. The van der Waals surface area contributed by atoms with Crippen LogP contribution in [-0.4, -0.2) is 28.1 Å². The molecule has 112 valence electrons.